The molecule has 9 heteroatoms. The number of hydrogen-bond donors (Lipinski definition) is 5. The molecule has 2 aliphatic carbocycles. The van der Waals surface area contributed by atoms with E-state index >= 15 is 0 Å². The first kappa shape index (κ1) is 32.1. The molecular formula is C36H43N3O6. The predicted molar refractivity (Wildman–Crippen MR) is 172 cm³/mol. The number of fused-ring (bicyclic) bond motifs is 4. The number of hydrogen-bond acceptors (Lipinski definition) is 7. The normalized spacial score (nSPS) is 23.0. The molecule has 1 heterocycles. The molecule has 45 heavy (non-hydrogen) atoms. The zero-order valence-corrected chi connectivity index (χ0v) is 26.3. The van der Waals surface area contributed by atoms with Crippen LogP contribution in [0, 0.1) is 47.4 Å². The molecule has 2 aromatic carbocycles. The SMILES string of the molecule is COc1c(O)ccc2c1C#CCc1cc3c4c(c1O)OC[C@@H](C4)[C@H](CNC(N)=NCC(C)C)CC#C[C@H](C3)[C@@H](O)CC(=O)CC2. The molecule has 9 nitrogen and oxygen atoms in total. The number of phenolic OH excluding ortho intramolecular Hbond substituents is 2. The number of aliphatic hydroxyl groups is 1. The molecule has 5 bridgehead atoms. The van der Waals surface area contributed by atoms with Crippen molar-refractivity contribution in [1.29, 1.82) is 0 Å². The Balaban J connectivity index is 1.54. The van der Waals surface area contributed by atoms with Crippen LogP contribution in [0.3, 0.4) is 0 Å². The number of nitrogens with zero attached hydrogens (tertiary/aromatic N) is 1. The fourth-order valence-corrected chi connectivity index (χ4v) is 6.27. The third-order valence-corrected chi connectivity index (χ3v) is 8.86. The van der Waals surface area contributed by atoms with E-state index in [1.807, 2.05) is 6.07 Å². The molecule has 0 radical (unpaired) electrons. The number of rotatable bonds is 5. The molecule has 0 saturated carbocycles. The fourth-order valence-electron chi connectivity index (χ4n) is 6.27. The van der Waals surface area contributed by atoms with E-state index in [-0.39, 0.29) is 54.1 Å². The van der Waals surface area contributed by atoms with Gasteiger partial charge in [0.2, 0.25) is 0 Å². The fraction of sp³-hybridized carbons (Fsp3) is 0.500. The third kappa shape index (κ3) is 7.49. The van der Waals surface area contributed by atoms with Crippen LogP contribution in [0.4, 0.5) is 0 Å². The van der Waals surface area contributed by atoms with Crippen molar-refractivity contribution in [2.45, 2.75) is 64.9 Å². The van der Waals surface area contributed by atoms with Crippen molar-refractivity contribution in [1.82, 2.24) is 5.32 Å². The van der Waals surface area contributed by atoms with Gasteiger partial charge >= 0.3 is 0 Å². The molecule has 4 atom stereocenters. The molecule has 5 rings (SSSR count). The molecule has 2 aromatic rings. The number of Topliss-reactive ketones (excluding diaryl/α,β-unsaturated/α-hetero) is 1. The summed E-state index contributed by atoms with van der Waals surface area (Å²) in [5.74, 6) is 14.0. The molecule has 1 aliphatic heterocycles. The van der Waals surface area contributed by atoms with Gasteiger partial charge in [-0.2, -0.15) is 0 Å². The number of ether oxygens (including phenoxy) is 2. The van der Waals surface area contributed by atoms with Crippen molar-refractivity contribution in [3.8, 4) is 46.7 Å². The molecule has 0 aromatic heterocycles. The number of nitrogens with one attached hydrogen (secondary N) is 1. The lowest BCUT2D eigenvalue weighted by Crippen LogP contribution is -2.40. The second kappa shape index (κ2) is 14.2. The lowest BCUT2D eigenvalue weighted by Gasteiger charge is -2.34. The first-order chi connectivity index (χ1) is 21.6. The van der Waals surface area contributed by atoms with Crippen molar-refractivity contribution >= 4 is 11.7 Å². The Kier molecular flexibility index (Phi) is 10.1. The van der Waals surface area contributed by atoms with Crippen LogP contribution >= 0.6 is 0 Å². The summed E-state index contributed by atoms with van der Waals surface area (Å²) >= 11 is 0. The van der Waals surface area contributed by atoms with Crippen molar-refractivity contribution in [2.75, 3.05) is 26.8 Å². The lowest BCUT2D eigenvalue weighted by molar-refractivity contribution is -0.121. The molecule has 0 fully saturated rings. The van der Waals surface area contributed by atoms with E-state index in [9.17, 15) is 20.1 Å². The summed E-state index contributed by atoms with van der Waals surface area (Å²) in [5.41, 5.74) is 9.84. The van der Waals surface area contributed by atoms with Crippen molar-refractivity contribution in [3.05, 3.63) is 46.0 Å². The van der Waals surface area contributed by atoms with Gasteiger partial charge in [0.1, 0.15) is 5.78 Å². The van der Waals surface area contributed by atoms with E-state index in [4.69, 9.17) is 15.2 Å². The quantitative estimate of drug-likeness (QED) is 0.196. The number of ketones is 1. The Morgan fingerprint density at radius 2 is 1.98 bits per heavy atom. The summed E-state index contributed by atoms with van der Waals surface area (Å²) in [4.78, 5) is 17.6. The lowest BCUT2D eigenvalue weighted by atomic mass is 9.78. The Morgan fingerprint density at radius 1 is 1.16 bits per heavy atom. The van der Waals surface area contributed by atoms with Gasteiger partial charge in [-0.1, -0.05) is 43.7 Å². The summed E-state index contributed by atoms with van der Waals surface area (Å²) in [7, 11) is 1.46. The molecule has 0 saturated heterocycles. The minimum Gasteiger partial charge on any atom is -0.504 e. The highest BCUT2D eigenvalue weighted by atomic mass is 16.5. The van der Waals surface area contributed by atoms with E-state index in [2.05, 4.69) is 47.8 Å². The Bertz CT molecular complexity index is 1590. The first-order valence-electron chi connectivity index (χ1n) is 15.7. The van der Waals surface area contributed by atoms with Gasteiger partial charge in [-0.05, 0) is 48.3 Å². The van der Waals surface area contributed by atoms with Crippen molar-refractivity contribution < 1.29 is 29.6 Å². The van der Waals surface area contributed by atoms with Gasteiger partial charge in [-0.3, -0.25) is 9.79 Å². The van der Waals surface area contributed by atoms with Crippen LogP contribution in [-0.2, 0) is 30.5 Å². The molecule has 0 amide bonds. The number of aryl methyl sites for hydroxylation is 1. The monoisotopic (exact) mass is 613 g/mol. The summed E-state index contributed by atoms with van der Waals surface area (Å²) in [6.45, 7) is 5.79. The van der Waals surface area contributed by atoms with E-state index in [0.717, 1.165) is 16.7 Å². The maximum Gasteiger partial charge on any atom is 0.188 e. The highest BCUT2D eigenvalue weighted by Crippen LogP contribution is 2.44. The number of nitrogens with two attached hydrogens (primary N) is 1. The number of phenols is 2. The van der Waals surface area contributed by atoms with Crippen molar-refractivity contribution in [2.24, 2.45) is 34.4 Å². The highest BCUT2D eigenvalue weighted by molar-refractivity contribution is 5.79. The third-order valence-electron chi connectivity index (χ3n) is 8.86. The maximum atomic E-state index is 13.1. The van der Waals surface area contributed by atoms with Crippen LogP contribution < -0.4 is 20.5 Å². The molecule has 238 valence electrons. The van der Waals surface area contributed by atoms with Gasteiger partial charge in [-0.15, -0.1) is 5.92 Å². The van der Waals surface area contributed by atoms with Crippen LogP contribution in [0.1, 0.15) is 60.9 Å². The zero-order chi connectivity index (χ0) is 32.1. The zero-order valence-electron chi connectivity index (χ0n) is 26.3. The highest BCUT2D eigenvalue weighted by Gasteiger charge is 2.33. The van der Waals surface area contributed by atoms with Gasteiger partial charge in [0.15, 0.2) is 29.0 Å². The van der Waals surface area contributed by atoms with Gasteiger partial charge in [0.05, 0.1) is 31.3 Å². The molecule has 0 unspecified atom stereocenters. The summed E-state index contributed by atoms with van der Waals surface area (Å²) in [5, 5.41) is 36.4. The summed E-state index contributed by atoms with van der Waals surface area (Å²) < 4.78 is 11.7. The maximum absolute atomic E-state index is 13.1. The number of methoxy groups -OCH3 is 1. The van der Waals surface area contributed by atoms with Crippen molar-refractivity contribution in [3.63, 3.8) is 0 Å². The average molecular weight is 614 g/mol. The van der Waals surface area contributed by atoms with E-state index in [1.54, 1.807) is 6.07 Å². The summed E-state index contributed by atoms with van der Waals surface area (Å²) in [6, 6.07) is 5.20. The molecular weight excluding hydrogens is 570 g/mol. The summed E-state index contributed by atoms with van der Waals surface area (Å²) in [6.07, 6.45) is 1.45. The Labute approximate surface area is 265 Å². The Morgan fingerprint density at radius 3 is 2.76 bits per heavy atom. The molecule has 0 spiro atoms. The van der Waals surface area contributed by atoms with E-state index < -0.39 is 12.0 Å². The van der Waals surface area contributed by atoms with Gasteiger partial charge in [-0.25, -0.2) is 0 Å². The minimum absolute atomic E-state index is 0.0321. The van der Waals surface area contributed by atoms with Crippen LogP contribution in [0.25, 0.3) is 0 Å². The van der Waals surface area contributed by atoms with Crippen LogP contribution in [-0.4, -0.2) is 60.0 Å². The number of aliphatic hydroxyl groups excluding tert-OH is 1. The van der Waals surface area contributed by atoms with Crippen LogP contribution in [0.15, 0.2) is 23.2 Å². The molecule has 6 N–H and O–H groups in total. The largest absolute Gasteiger partial charge is 0.504 e. The Hall–Kier alpha value is -4.34. The van der Waals surface area contributed by atoms with E-state index in [0.29, 0.717) is 74.1 Å². The van der Waals surface area contributed by atoms with Gasteiger partial charge in [0.25, 0.3) is 0 Å². The number of carbonyl (C=O) groups excluding carboxylic acids is 1. The topological polar surface area (TPSA) is 147 Å². The van der Waals surface area contributed by atoms with E-state index in [1.165, 1.54) is 13.2 Å². The second-order valence-electron chi connectivity index (χ2n) is 12.7. The average Bonchev–Trinajstić information content (AvgIpc) is 3.01. The number of guanidine groups is 1. The first-order valence-corrected chi connectivity index (χ1v) is 15.7. The second-order valence-corrected chi connectivity index (χ2v) is 12.7. The standard InChI is InChI=1S/C36H43N3O6/c1-21(2)18-38-36(37)39-19-25-8-4-6-23-14-26-15-24(33(43)35-30(26)16-27(25)20-45-35)7-5-9-29-22(10-12-28(40)17-32(23)42)11-13-31(41)34(29)44-3/h11,13,15,21,23,25,27,32,41-43H,7-8,10,12,14,16-20H2,1-3H3,(H3,37,38,39)/t23-,25+,27-,32+/m1/s1. The number of aliphatic imine (C=N–C) groups is 1. The van der Waals surface area contributed by atoms with Crippen LogP contribution in [0.2, 0.25) is 0 Å². The molecule has 3 aliphatic rings. The number of benzene rings is 2. The number of aromatic hydroxyl groups is 2. The number of carbonyl (C=O) groups is 1. The minimum atomic E-state index is -0.969. The van der Waals surface area contributed by atoms with Gasteiger partial charge < -0.3 is 35.8 Å². The predicted octanol–water partition coefficient (Wildman–Crippen LogP) is 3.26. The van der Waals surface area contributed by atoms with Gasteiger partial charge in [0, 0.05) is 55.8 Å². The smallest absolute Gasteiger partial charge is 0.188 e. The van der Waals surface area contributed by atoms with Crippen LogP contribution in [0.5, 0.6) is 23.0 Å².